The molecule has 0 amide bonds. The lowest BCUT2D eigenvalue weighted by atomic mass is 9.91. The predicted octanol–water partition coefficient (Wildman–Crippen LogP) is 13.2. The molecule has 46 heavy (non-hydrogen) atoms. The maximum absolute atomic E-state index is 2.51. The van der Waals surface area contributed by atoms with E-state index in [1.807, 2.05) is 11.3 Å². The van der Waals surface area contributed by atoms with E-state index in [1.54, 1.807) is 0 Å². The molecule has 1 aromatic heterocycles. The van der Waals surface area contributed by atoms with Gasteiger partial charge in [0.05, 0.1) is 5.69 Å². The van der Waals surface area contributed by atoms with Crippen molar-refractivity contribution in [2.75, 3.05) is 4.90 Å². The van der Waals surface area contributed by atoms with Crippen molar-refractivity contribution >= 4 is 70.1 Å². The average molecular weight is 604 g/mol. The van der Waals surface area contributed by atoms with Gasteiger partial charge in [-0.2, -0.15) is 0 Å². The van der Waals surface area contributed by atoms with Gasteiger partial charge in [0.1, 0.15) is 0 Å². The predicted molar refractivity (Wildman–Crippen MR) is 200 cm³/mol. The van der Waals surface area contributed by atoms with E-state index in [2.05, 4.69) is 181 Å². The highest BCUT2D eigenvalue weighted by Gasteiger charge is 2.26. The molecular formula is C44H29NS. The fourth-order valence-corrected chi connectivity index (χ4v) is 8.16. The molecule has 0 bridgehead atoms. The third kappa shape index (κ3) is 4.38. The first-order valence-corrected chi connectivity index (χ1v) is 16.5. The number of anilines is 3. The van der Waals surface area contributed by atoms with Gasteiger partial charge in [0.25, 0.3) is 0 Å². The molecule has 0 aliphatic carbocycles. The Morgan fingerprint density at radius 2 is 1.00 bits per heavy atom. The molecule has 0 N–H and O–H groups in total. The van der Waals surface area contributed by atoms with Crippen LogP contribution in [0.3, 0.4) is 0 Å². The average Bonchev–Trinajstić information content (AvgIpc) is 3.52. The first-order chi connectivity index (χ1) is 22.8. The van der Waals surface area contributed by atoms with Crippen molar-refractivity contribution in [3.63, 3.8) is 0 Å². The summed E-state index contributed by atoms with van der Waals surface area (Å²) in [5.74, 6) is 0. The fourth-order valence-electron chi connectivity index (χ4n) is 6.92. The molecule has 0 saturated carbocycles. The van der Waals surface area contributed by atoms with Crippen molar-refractivity contribution < 1.29 is 0 Å². The minimum absolute atomic E-state index is 1.13. The molecule has 1 heterocycles. The zero-order chi connectivity index (χ0) is 30.5. The number of hydrogen-bond acceptors (Lipinski definition) is 2. The molecule has 2 heteroatoms. The topological polar surface area (TPSA) is 3.24 Å². The van der Waals surface area contributed by atoms with Crippen LogP contribution >= 0.6 is 11.3 Å². The van der Waals surface area contributed by atoms with Crippen LogP contribution in [0.2, 0.25) is 0 Å². The Hall–Kier alpha value is -5.70. The Morgan fingerprint density at radius 3 is 1.80 bits per heavy atom. The number of hydrogen-bond donors (Lipinski definition) is 0. The van der Waals surface area contributed by atoms with Crippen molar-refractivity contribution in [1.82, 2.24) is 0 Å². The van der Waals surface area contributed by atoms with Crippen LogP contribution in [0.1, 0.15) is 0 Å². The Balaban J connectivity index is 1.47. The van der Waals surface area contributed by atoms with Gasteiger partial charge in [-0.3, -0.25) is 0 Å². The van der Waals surface area contributed by atoms with Gasteiger partial charge in [0, 0.05) is 42.5 Å². The molecule has 0 radical (unpaired) electrons. The smallest absolute Gasteiger partial charge is 0.0639 e. The molecule has 0 fully saturated rings. The van der Waals surface area contributed by atoms with E-state index in [0.717, 1.165) is 11.4 Å². The van der Waals surface area contributed by atoms with Gasteiger partial charge in [0.2, 0.25) is 0 Å². The zero-order valence-electron chi connectivity index (χ0n) is 25.1. The quantitative estimate of drug-likeness (QED) is 0.189. The lowest BCUT2D eigenvalue weighted by Crippen LogP contribution is -2.12. The first-order valence-electron chi connectivity index (χ1n) is 15.7. The summed E-state index contributed by atoms with van der Waals surface area (Å²) in [4.78, 5) is 2.51. The summed E-state index contributed by atoms with van der Waals surface area (Å²) in [6, 6.07) is 63.9. The summed E-state index contributed by atoms with van der Waals surface area (Å²) in [7, 11) is 0. The van der Waals surface area contributed by atoms with Crippen LogP contribution in [-0.2, 0) is 0 Å². The lowest BCUT2D eigenvalue weighted by Gasteiger charge is -2.30. The van der Waals surface area contributed by atoms with E-state index in [-0.39, 0.29) is 0 Å². The van der Waals surface area contributed by atoms with Gasteiger partial charge in [0.15, 0.2) is 0 Å². The van der Waals surface area contributed by atoms with E-state index >= 15 is 0 Å². The fraction of sp³-hybridized carbons (Fsp3) is 0. The number of rotatable bonds is 5. The Morgan fingerprint density at radius 1 is 0.391 bits per heavy atom. The van der Waals surface area contributed by atoms with Crippen LogP contribution in [0.15, 0.2) is 176 Å². The second kappa shape index (κ2) is 11.0. The van der Waals surface area contributed by atoms with Crippen molar-refractivity contribution in [2.24, 2.45) is 0 Å². The third-order valence-electron chi connectivity index (χ3n) is 9.00. The molecule has 9 aromatic rings. The number of thiophene rings is 1. The number of fused-ring (bicyclic) bond motifs is 6. The minimum Gasteiger partial charge on any atom is -0.309 e. The van der Waals surface area contributed by atoms with Crippen LogP contribution in [-0.4, -0.2) is 0 Å². The van der Waals surface area contributed by atoms with E-state index in [1.165, 1.54) is 69.7 Å². The highest BCUT2D eigenvalue weighted by Crippen LogP contribution is 2.53. The molecule has 216 valence electrons. The van der Waals surface area contributed by atoms with Gasteiger partial charge in [-0.15, -0.1) is 11.3 Å². The summed E-state index contributed by atoms with van der Waals surface area (Å²) in [6.07, 6.45) is 0. The molecule has 8 aromatic carbocycles. The largest absolute Gasteiger partial charge is 0.309 e. The maximum Gasteiger partial charge on any atom is 0.0639 e. The van der Waals surface area contributed by atoms with Crippen LogP contribution < -0.4 is 4.90 Å². The summed E-state index contributed by atoms with van der Waals surface area (Å²) < 4.78 is 2.61. The van der Waals surface area contributed by atoms with Crippen LogP contribution in [0.25, 0.3) is 64.0 Å². The van der Waals surface area contributed by atoms with Crippen LogP contribution in [0.5, 0.6) is 0 Å². The zero-order valence-corrected chi connectivity index (χ0v) is 25.9. The van der Waals surface area contributed by atoms with Gasteiger partial charge < -0.3 is 4.90 Å². The SMILES string of the molecule is c1ccc(-c2cccc(N(c3ccc4ccccc4c3)c3c(-c4ccccc4)c4ccccc4c4sc5ccccc5c34)c2)cc1. The minimum atomic E-state index is 1.13. The molecule has 0 atom stereocenters. The van der Waals surface area contributed by atoms with Gasteiger partial charge >= 0.3 is 0 Å². The van der Waals surface area contributed by atoms with Crippen molar-refractivity contribution in [3.8, 4) is 22.3 Å². The highest BCUT2D eigenvalue weighted by molar-refractivity contribution is 7.26. The number of benzene rings is 8. The molecular weight excluding hydrogens is 575 g/mol. The van der Waals surface area contributed by atoms with Gasteiger partial charge in [-0.05, 0) is 63.2 Å². The summed E-state index contributed by atoms with van der Waals surface area (Å²) in [6.45, 7) is 0. The third-order valence-corrected chi connectivity index (χ3v) is 10.2. The van der Waals surface area contributed by atoms with Crippen LogP contribution in [0.4, 0.5) is 17.1 Å². The van der Waals surface area contributed by atoms with Crippen LogP contribution in [0, 0.1) is 0 Å². The summed E-state index contributed by atoms with van der Waals surface area (Å²) in [5, 5.41) is 7.57. The molecule has 0 unspecified atom stereocenters. The Bertz CT molecular complexity index is 2530. The Kier molecular flexibility index (Phi) is 6.40. The monoisotopic (exact) mass is 603 g/mol. The first kappa shape index (κ1) is 26.7. The molecule has 0 aliphatic heterocycles. The summed E-state index contributed by atoms with van der Waals surface area (Å²) in [5.41, 5.74) is 8.31. The molecule has 1 nitrogen and oxygen atoms in total. The standard InChI is InChI=1S/C44H29NS/c1-3-14-30(15-4-1)34-20-13-21-35(28-34)45(36-27-26-31-16-7-8-19-33(31)29-36)43-41(32-17-5-2-6-18-32)37-22-9-10-23-38(37)44-42(43)39-24-11-12-25-40(39)46-44/h1-29H. The second-order valence-corrected chi connectivity index (χ2v) is 12.8. The van der Waals surface area contributed by atoms with E-state index in [9.17, 15) is 0 Å². The van der Waals surface area contributed by atoms with Crippen molar-refractivity contribution in [1.29, 1.82) is 0 Å². The molecule has 0 saturated heterocycles. The molecule has 0 aliphatic rings. The second-order valence-electron chi connectivity index (χ2n) is 11.7. The lowest BCUT2D eigenvalue weighted by molar-refractivity contribution is 1.31. The molecule has 9 rings (SSSR count). The molecule has 0 spiro atoms. The maximum atomic E-state index is 2.51. The number of nitrogens with zero attached hydrogens (tertiary/aromatic N) is 1. The van der Waals surface area contributed by atoms with Gasteiger partial charge in [-0.25, -0.2) is 0 Å². The van der Waals surface area contributed by atoms with Crippen molar-refractivity contribution in [3.05, 3.63) is 176 Å². The van der Waals surface area contributed by atoms with E-state index < -0.39 is 0 Å². The summed E-state index contributed by atoms with van der Waals surface area (Å²) >= 11 is 1.89. The normalized spacial score (nSPS) is 11.5. The highest BCUT2D eigenvalue weighted by atomic mass is 32.1. The van der Waals surface area contributed by atoms with Gasteiger partial charge in [-0.1, -0.05) is 146 Å². The van der Waals surface area contributed by atoms with E-state index in [4.69, 9.17) is 0 Å². The van der Waals surface area contributed by atoms with E-state index in [0.29, 0.717) is 0 Å². The van der Waals surface area contributed by atoms with Crippen molar-refractivity contribution in [2.45, 2.75) is 0 Å². The Labute approximate surface area is 272 Å².